The van der Waals surface area contributed by atoms with Gasteiger partial charge in [-0.1, -0.05) is 51.0 Å². The maximum Gasteiger partial charge on any atom is 0.172 e. The van der Waals surface area contributed by atoms with E-state index in [9.17, 15) is 15.3 Å². The van der Waals surface area contributed by atoms with Crippen LogP contribution in [0.25, 0.3) is 0 Å². The van der Waals surface area contributed by atoms with E-state index in [0.717, 1.165) is 30.8 Å². The number of hydrogen-bond acceptors (Lipinski definition) is 5. The van der Waals surface area contributed by atoms with Crippen molar-refractivity contribution in [2.75, 3.05) is 13.2 Å². The lowest BCUT2D eigenvalue weighted by molar-refractivity contribution is -0.220. The summed E-state index contributed by atoms with van der Waals surface area (Å²) >= 11 is 0. The van der Waals surface area contributed by atoms with Gasteiger partial charge in [0, 0.05) is 12.8 Å². The molecule has 6 atom stereocenters. The van der Waals surface area contributed by atoms with Crippen LogP contribution in [0.2, 0.25) is 0 Å². The second kappa shape index (κ2) is 11.6. The lowest BCUT2D eigenvalue weighted by Crippen LogP contribution is -2.42. The van der Waals surface area contributed by atoms with Gasteiger partial charge in [-0.3, -0.25) is 0 Å². The van der Waals surface area contributed by atoms with Crippen molar-refractivity contribution in [3.05, 3.63) is 35.5 Å². The molecule has 5 N–H and O–H groups in total. The van der Waals surface area contributed by atoms with Gasteiger partial charge >= 0.3 is 0 Å². The smallest absolute Gasteiger partial charge is 0.172 e. The summed E-state index contributed by atoms with van der Waals surface area (Å²) in [5, 5.41) is 31.6. The van der Waals surface area contributed by atoms with Gasteiger partial charge in [-0.2, -0.15) is 0 Å². The van der Waals surface area contributed by atoms with E-state index >= 15 is 0 Å². The van der Waals surface area contributed by atoms with Crippen molar-refractivity contribution < 1.29 is 20.1 Å². The Balaban J connectivity index is 1.71. The molecule has 3 aliphatic carbocycles. The first kappa shape index (κ1) is 28.6. The Labute approximate surface area is 213 Å². The Kier molecular flexibility index (Phi) is 9.48. The zero-order valence-corrected chi connectivity index (χ0v) is 22.7. The molecule has 0 radical (unpaired) electrons. The summed E-state index contributed by atoms with van der Waals surface area (Å²) in [4.78, 5) is 0. The maximum absolute atomic E-state index is 11.0. The average Bonchev–Trinajstić information content (AvgIpc) is 3.12. The summed E-state index contributed by atoms with van der Waals surface area (Å²) in [6, 6.07) is 0. The fourth-order valence-electron chi connectivity index (χ4n) is 7.22. The van der Waals surface area contributed by atoms with Gasteiger partial charge in [-0.15, -0.1) is 0 Å². The Morgan fingerprint density at radius 1 is 1.26 bits per heavy atom. The minimum Gasteiger partial charge on any atom is -0.390 e. The van der Waals surface area contributed by atoms with Gasteiger partial charge in [0.2, 0.25) is 0 Å². The third kappa shape index (κ3) is 7.07. The first-order chi connectivity index (χ1) is 16.4. The van der Waals surface area contributed by atoms with E-state index < -0.39 is 17.5 Å². The van der Waals surface area contributed by atoms with Crippen molar-refractivity contribution in [1.82, 2.24) is 0 Å². The van der Waals surface area contributed by atoms with Crippen molar-refractivity contribution in [1.29, 1.82) is 0 Å². The highest BCUT2D eigenvalue weighted by molar-refractivity contribution is 5.39. The van der Waals surface area contributed by atoms with Crippen LogP contribution >= 0.6 is 0 Å². The van der Waals surface area contributed by atoms with Crippen molar-refractivity contribution in [2.24, 2.45) is 28.9 Å². The Morgan fingerprint density at radius 3 is 2.69 bits per heavy atom. The molecular formula is C30H51NO4. The van der Waals surface area contributed by atoms with E-state index in [-0.39, 0.29) is 6.42 Å². The second-order valence-corrected chi connectivity index (χ2v) is 12.6. The number of hydrogen-bond donors (Lipinski definition) is 4. The van der Waals surface area contributed by atoms with Crippen molar-refractivity contribution in [3.8, 4) is 0 Å². The number of aliphatic hydroxyl groups is 3. The van der Waals surface area contributed by atoms with E-state index in [1.165, 1.54) is 37.7 Å². The number of fused-ring (bicyclic) bond motifs is 1. The maximum atomic E-state index is 11.0. The third-order valence-electron chi connectivity index (χ3n) is 9.18. The summed E-state index contributed by atoms with van der Waals surface area (Å²) in [6.07, 6.45) is 14.0. The Morgan fingerprint density at radius 2 is 2.00 bits per heavy atom. The highest BCUT2D eigenvalue weighted by Crippen LogP contribution is 2.60. The highest BCUT2D eigenvalue weighted by atomic mass is 16.6. The molecule has 200 valence electrons. The molecule has 5 heteroatoms. The van der Waals surface area contributed by atoms with Crippen LogP contribution in [0.1, 0.15) is 98.3 Å². The fraction of sp³-hybridized carbons (Fsp3) is 0.800. The van der Waals surface area contributed by atoms with Crippen LogP contribution in [0.3, 0.4) is 0 Å². The third-order valence-corrected chi connectivity index (χ3v) is 9.18. The molecule has 0 aliphatic heterocycles. The minimum atomic E-state index is -1.36. The lowest BCUT2D eigenvalue weighted by atomic mass is 9.60. The van der Waals surface area contributed by atoms with E-state index in [0.29, 0.717) is 48.8 Å². The SMILES string of the molecule is C=C1/C(=C\C=C2CCC[C@@]3(C)C2CC[C@@H]3[C@H](C)CCCC(C)(C)O)C[C@](O)(OCCCN)CC1O. The number of allylic oxidation sites excluding steroid dienone is 3. The molecule has 0 aromatic rings. The molecule has 3 saturated carbocycles. The van der Waals surface area contributed by atoms with Crippen LogP contribution in [0.4, 0.5) is 0 Å². The molecule has 3 rings (SSSR count). The molecule has 3 aliphatic rings. The molecule has 0 saturated heterocycles. The van der Waals surface area contributed by atoms with E-state index in [2.05, 4.69) is 32.6 Å². The van der Waals surface area contributed by atoms with Crippen LogP contribution in [0, 0.1) is 23.2 Å². The van der Waals surface area contributed by atoms with Gasteiger partial charge in [0.1, 0.15) is 0 Å². The molecule has 0 heterocycles. The predicted octanol–water partition coefficient (Wildman–Crippen LogP) is 5.40. The molecule has 0 spiro atoms. The highest BCUT2D eigenvalue weighted by Gasteiger charge is 2.50. The molecule has 0 aromatic heterocycles. The number of rotatable bonds is 10. The zero-order valence-electron chi connectivity index (χ0n) is 22.7. The van der Waals surface area contributed by atoms with Crippen molar-refractivity contribution in [3.63, 3.8) is 0 Å². The molecule has 2 unspecified atom stereocenters. The van der Waals surface area contributed by atoms with Gasteiger partial charge in [0.15, 0.2) is 5.79 Å². The number of nitrogens with two attached hydrogens (primary N) is 1. The molecule has 5 nitrogen and oxygen atoms in total. The van der Waals surface area contributed by atoms with Gasteiger partial charge < -0.3 is 25.8 Å². The normalized spacial score (nSPS) is 37.1. The van der Waals surface area contributed by atoms with Gasteiger partial charge in [0.05, 0.1) is 18.3 Å². The first-order valence-corrected chi connectivity index (χ1v) is 13.9. The molecule has 0 amide bonds. The summed E-state index contributed by atoms with van der Waals surface area (Å²) < 4.78 is 5.73. The van der Waals surface area contributed by atoms with Crippen LogP contribution in [-0.4, -0.2) is 46.0 Å². The van der Waals surface area contributed by atoms with Crippen LogP contribution < -0.4 is 5.73 Å². The van der Waals surface area contributed by atoms with Crippen LogP contribution in [-0.2, 0) is 4.74 Å². The number of aliphatic hydroxyl groups excluding tert-OH is 1. The van der Waals surface area contributed by atoms with Crippen LogP contribution in [0.15, 0.2) is 35.5 Å². The molecule has 0 bridgehead atoms. The Hall–Kier alpha value is -0.980. The first-order valence-electron chi connectivity index (χ1n) is 13.9. The molecule has 0 aromatic carbocycles. The van der Waals surface area contributed by atoms with Gasteiger partial charge in [-0.25, -0.2) is 0 Å². The molecule has 3 fully saturated rings. The fourth-order valence-corrected chi connectivity index (χ4v) is 7.22. The number of ether oxygens (including phenoxy) is 1. The largest absolute Gasteiger partial charge is 0.390 e. The standard InChI is InChI=1S/C30H51NO4/c1-21(9-6-15-28(3,4)33)25-13-14-26-23(10-7-16-29(25,26)5)11-12-24-19-30(34,35-18-8-17-31)20-27(32)22(24)2/h11-12,21,25-27,32-34H,2,6-10,13-20,31H2,1,3-5H3/b23-11?,24-12-/t21-,25-,26?,27?,29-,30+/m1/s1. The van der Waals surface area contributed by atoms with E-state index in [4.69, 9.17) is 10.5 Å². The van der Waals surface area contributed by atoms with Crippen molar-refractivity contribution in [2.45, 2.75) is 116 Å². The quantitative estimate of drug-likeness (QED) is 0.243. The average molecular weight is 490 g/mol. The monoisotopic (exact) mass is 489 g/mol. The van der Waals surface area contributed by atoms with E-state index in [1.54, 1.807) is 0 Å². The van der Waals surface area contributed by atoms with E-state index in [1.807, 2.05) is 13.8 Å². The van der Waals surface area contributed by atoms with Gasteiger partial charge in [-0.05, 0) is 99.7 Å². The minimum absolute atomic E-state index is 0.151. The zero-order chi connectivity index (χ0) is 25.9. The summed E-state index contributed by atoms with van der Waals surface area (Å²) in [5.74, 6) is 0.617. The predicted molar refractivity (Wildman–Crippen MR) is 143 cm³/mol. The lowest BCUT2D eigenvalue weighted by Gasteiger charge is -2.44. The second-order valence-electron chi connectivity index (χ2n) is 12.6. The van der Waals surface area contributed by atoms with Crippen molar-refractivity contribution >= 4 is 0 Å². The Bertz CT molecular complexity index is 797. The topological polar surface area (TPSA) is 95.9 Å². The molecular weight excluding hydrogens is 438 g/mol. The van der Waals surface area contributed by atoms with Gasteiger partial charge in [0.25, 0.3) is 0 Å². The summed E-state index contributed by atoms with van der Waals surface area (Å²) in [6.45, 7) is 13.8. The van der Waals surface area contributed by atoms with Crippen LogP contribution in [0.5, 0.6) is 0 Å². The summed E-state index contributed by atoms with van der Waals surface area (Å²) in [5.41, 5.74) is 8.40. The molecule has 35 heavy (non-hydrogen) atoms. The summed E-state index contributed by atoms with van der Waals surface area (Å²) in [7, 11) is 0.